The zero-order valence-corrected chi connectivity index (χ0v) is 14.1. The summed E-state index contributed by atoms with van der Waals surface area (Å²) >= 11 is 6.08. The van der Waals surface area contributed by atoms with Gasteiger partial charge in [0.05, 0.1) is 0 Å². The number of benzene rings is 3. The second kappa shape index (κ2) is 4.84. The third kappa shape index (κ3) is 1.75. The van der Waals surface area contributed by atoms with Crippen LogP contribution in [-0.4, -0.2) is 0 Å². The number of halogens is 1. The first kappa shape index (κ1) is 14.1. The van der Waals surface area contributed by atoms with Gasteiger partial charge in [-0.1, -0.05) is 78.8 Å². The highest BCUT2D eigenvalue weighted by Crippen LogP contribution is 2.68. The fourth-order valence-corrected chi connectivity index (χ4v) is 4.64. The van der Waals surface area contributed by atoms with Crippen LogP contribution in [0.2, 0.25) is 5.02 Å². The summed E-state index contributed by atoms with van der Waals surface area (Å²) in [5.41, 5.74) is 8.05. The Morgan fingerprint density at radius 3 is 1.92 bits per heavy atom. The summed E-state index contributed by atoms with van der Waals surface area (Å²) in [7, 11) is 0. The van der Waals surface area contributed by atoms with Gasteiger partial charge < -0.3 is 0 Å². The van der Waals surface area contributed by atoms with E-state index in [2.05, 4.69) is 67.2 Å². The van der Waals surface area contributed by atoms with Crippen molar-refractivity contribution in [1.29, 1.82) is 0 Å². The largest absolute Gasteiger partial charge is 0.0905 e. The maximum absolute atomic E-state index is 6.08. The van der Waals surface area contributed by atoms with E-state index in [-0.39, 0.29) is 5.41 Å². The minimum absolute atomic E-state index is 0.0855. The van der Waals surface area contributed by atoms with Crippen molar-refractivity contribution in [1.82, 2.24) is 0 Å². The molecular weight excluding hydrogens is 312 g/mol. The molecule has 3 aromatic rings. The standard InChI is InChI=1S/C23H17Cl/c1-15-18-6-2-4-8-20(18)23(21-9-5-3-7-19(15)21)14-22(23)16-10-12-17(24)13-11-16/h2-13,22H,1,14H2. The Morgan fingerprint density at radius 1 is 0.792 bits per heavy atom. The first-order chi connectivity index (χ1) is 11.7. The average molecular weight is 329 g/mol. The molecule has 0 aromatic heterocycles. The lowest BCUT2D eigenvalue weighted by atomic mass is 9.72. The zero-order chi connectivity index (χ0) is 16.3. The second-order valence-corrected chi connectivity index (χ2v) is 7.29. The highest BCUT2D eigenvalue weighted by atomic mass is 35.5. The molecular formula is C23H17Cl. The Bertz CT molecular complexity index is 916. The van der Waals surface area contributed by atoms with Crippen molar-refractivity contribution < 1.29 is 0 Å². The first-order valence-corrected chi connectivity index (χ1v) is 8.74. The molecule has 5 rings (SSSR count). The van der Waals surface area contributed by atoms with Gasteiger partial charge in [0.1, 0.15) is 0 Å². The highest BCUT2D eigenvalue weighted by Gasteiger charge is 2.60. The Kier molecular flexibility index (Phi) is 2.84. The summed E-state index contributed by atoms with van der Waals surface area (Å²) in [5, 5.41) is 0.797. The predicted molar refractivity (Wildman–Crippen MR) is 101 cm³/mol. The quantitative estimate of drug-likeness (QED) is 0.499. The SMILES string of the molecule is C=C1c2ccccc2C2(CC2c2ccc(Cl)cc2)c2ccccc21. The van der Waals surface area contributed by atoms with Gasteiger partial charge in [-0.2, -0.15) is 0 Å². The van der Waals surface area contributed by atoms with Crippen molar-refractivity contribution in [3.05, 3.63) is 112 Å². The second-order valence-electron chi connectivity index (χ2n) is 6.85. The molecule has 116 valence electrons. The lowest BCUT2D eigenvalue weighted by molar-refractivity contribution is 0.787. The Labute approximate surface area is 147 Å². The maximum atomic E-state index is 6.08. The molecule has 0 radical (unpaired) electrons. The van der Waals surface area contributed by atoms with Crippen LogP contribution < -0.4 is 0 Å². The van der Waals surface area contributed by atoms with Crippen LogP contribution in [-0.2, 0) is 5.41 Å². The van der Waals surface area contributed by atoms with E-state index in [0.717, 1.165) is 17.0 Å². The topological polar surface area (TPSA) is 0 Å². The molecule has 1 unspecified atom stereocenters. The van der Waals surface area contributed by atoms with Crippen LogP contribution in [0.4, 0.5) is 0 Å². The van der Waals surface area contributed by atoms with Crippen LogP contribution in [0.5, 0.6) is 0 Å². The minimum Gasteiger partial charge on any atom is -0.0905 e. The lowest BCUT2D eigenvalue weighted by Crippen LogP contribution is -2.20. The van der Waals surface area contributed by atoms with E-state index in [4.69, 9.17) is 11.6 Å². The number of rotatable bonds is 1. The van der Waals surface area contributed by atoms with E-state index in [9.17, 15) is 0 Å². The summed E-state index contributed by atoms with van der Waals surface area (Å²) in [6.07, 6.45) is 1.15. The molecule has 1 atom stereocenters. The van der Waals surface area contributed by atoms with Crippen molar-refractivity contribution in [2.24, 2.45) is 0 Å². The molecule has 2 aliphatic rings. The summed E-state index contributed by atoms with van der Waals surface area (Å²) in [4.78, 5) is 0. The number of fused-ring (bicyclic) bond motifs is 4. The van der Waals surface area contributed by atoms with Crippen LogP contribution in [0.3, 0.4) is 0 Å². The minimum atomic E-state index is 0.0855. The van der Waals surface area contributed by atoms with Gasteiger partial charge in [0.2, 0.25) is 0 Å². The molecule has 1 spiro atoms. The van der Waals surface area contributed by atoms with E-state index in [1.54, 1.807) is 0 Å². The van der Waals surface area contributed by atoms with E-state index in [1.807, 2.05) is 12.1 Å². The molecule has 1 heteroatoms. The summed E-state index contributed by atoms with van der Waals surface area (Å²) < 4.78 is 0. The van der Waals surface area contributed by atoms with E-state index >= 15 is 0 Å². The molecule has 1 saturated carbocycles. The van der Waals surface area contributed by atoms with Crippen LogP contribution in [0.15, 0.2) is 79.4 Å². The van der Waals surface area contributed by atoms with Gasteiger partial charge in [0.15, 0.2) is 0 Å². The number of hydrogen-bond donors (Lipinski definition) is 0. The van der Waals surface area contributed by atoms with Crippen molar-refractivity contribution in [3.8, 4) is 0 Å². The summed E-state index contributed by atoms with van der Waals surface area (Å²) in [6.45, 7) is 4.38. The average Bonchev–Trinajstić information content (AvgIpc) is 3.37. The molecule has 0 N–H and O–H groups in total. The summed E-state index contributed by atoms with van der Waals surface area (Å²) in [6, 6.07) is 25.9. The van der Waals surface area contributed by atoms with E-state index in [1.165, 1.54) is 27.8 Å². The van der Waals surface area contributed by atoms with Gasteiger partial charge in [-0.3, -0.25) is 0 Å². The third-order valence-corrected chi connectivity index (χ3v) is 5.95. The molecule has 3 aromatic carbocycles. The fraction of sp³-hybridized carbons (Fsp3) is 0.130. The molecule has 0 saturated heterocycles. The number of hydrogen-bond acceptors (Lipinski definition) is 0. The van der Waals surface area contributed by atoms with Crippen LogP contribution >= 0.6 is 11.6 Å². The first-order valence-electron chi connectivity index (χ1n) is 8.36. The van der Waals surface area contributed by atoms with Crippen LogP contribution in [0.1, 0.15) is 40.2 Å². The zero-order valence-electron chi connectivity index (χ0n) is 13.3. The Balaban J connectivity index is 1.74. The van der Waals surface area contributed by atoms with Crippen molar-refractivity contribution in [2.45, 2.75) is 17.8 Å². The Morgan fingerprint density at radius 2 is 1.33 bits per heavy atom. The van der Waals surface area contributed by atoms with E-state index < -0.39 is 0 Å². The molecule has 0 amide bonds. The summed E-state index contributed by atoms with van der Waals surface area (Å²) in [5.74, 6) is 0.505. The van der Waals surface area contributed by atoms with Gasteiger partial charge in [0.25, 0.3) is 0 Å². The van der Waals surface area contributed by atoms with Crippen LogP contribution in [0, 0.1) is 0 Å². The van der Waals surface area contributed by atoms with Gasteiger partial charge >= 0.3 is 0 Å². The molecule has 24 heavy (non-hydrogen) atoms. The smallest absolute Gasteiger partial charge is 0.0406 e. The molecule has 2 aliphatic carbocycles. The molecule has 0 nitrogen and oxygen atoms in total. The Hall–Kier alpha value is -2.31. The van der Waals surface area contributed by atoms with E-state index in [0.29, 0.717) is 5.92 Å². The van der Waals surface area contributed by atoms with Gasteiger partial charge in [-0.25, -0.2) is 0 Å². The monoisotopic (exact) mass is 328 g/mol. The van der Waals surface area contributed by atoms with Gasteiger partial charge in [-0.05, 0) is 57.9 Å². The molecule has 0 heterocycles. The van der Waals surface area contributed by atoms with Gasteiger partial charge in [-0.15, -0.1) is 0 Å². The fourth-order valence-electron chi connectivity index (χ4n) is 4.52. The van der Waals surface area contributed by atoms with Crippen molar-refractivity contribution in [3.63, 3.8) is 0 Å². The van der Waals surface area contributed by atoms with Crippen molar-refractivity contribution >= 4 is 17.2 Å². The van der Waals surface area contributed by atoms with Crippen LogP contribution in [0.25, 0.3) is 5.57 Å². The lowest BCUT2D eigenvalue weighted by Gasteiger charge is -2.31. The molecule has 0 bridgehead atoms. The normalized spacial score (nSPS) is 19.7. The third-order valence-electron chi connectivity index (χ3n) is 5.70. The maximum Gasteiger partial charge on any atom is 0.0406 e. The predicted octanol–water partition coefficient (Wildman–Crippen LogP) is 6.19. The molecule has 0 aliphatic heterocycles. The van der Waals surface area contributed by atoms with Crippen molar-refractivity contribution in [2.75, 3.05) is 0 Å². The van der Waals surface area contributed by atoms with Gasteiger partial charge in [0, 0.05) is 10.4 Å². The molecule has 1 fully saturated rings. The highest BCUT2D eigenvalue weighted by molar-refractivity contribution is 6.30.